The van der Waals surface area contributed by atoms with Crippen LogP contribution in [0.3, 0.4) is 0 Å². The van der Waals surface area contributed by atoms with Gasteiger partial charge in [-0.05, 0) is 43.2 Å². The van der Waals surface area contributed by atoms with E-state index in [0.717, 1.165) is 5.69 Å². The van der Waals surface area contributed by atoms with Gasteiger partial charge in [0.05, 0.1) is 11.9 Å². The van der Waals surface area contributed by atoms with Crippen molar-refractivity contribution in [2.75, 3.05) is 0 Å². The van der Waals surface area contributed by atoms with E-state index in [1.165, 1.54) is 11.1 Å². The van der Waals surface area contributed by atoms with E-state index in [1.54, 1.807) is 16.9 Å². The van der Waals surface area contributed by atoms with Crippen LogP contribution in [0.1, 0.15) is 11.1 Å². The molecule has 1 aromatic heterocycles. The highest BCUT2D eigenvalue weighted by molar-refractivity contribution is 6.29. The second-order valence-electron chi connectivity index (χ2n) is 3.41. The Balaban J connectivity index is 2.57. The number of hydrogen-bond acceptors (Lipinski definition) is 1. The zero-order chi connectivity index (χ0) is 10.1. The van der Waals surface area contributed by atoms with Crippen molar-refractivity contribution in [3.63, 3.8) is 0 Å². The van der Waals surface area contributed by atoms with Crippen LogP contribution >= 0.6 is 11.6 Å². The quantitative estimate of drug-likeness (QED) is 0.701. The van der Waals surface area contributed by atoms with Crippen LogP contribution in [0, 0.1) is 13.8 Å². The van der Waals surface area contributed by atoms with Gasteiger partial charge in [0.1, 0.15) is 5.15 Å². The van der Waals surface area contributed by atoms with Gasteiger partial charge in [0.2, 0.25) is 0 Å². The van der Waals surface area contributed by atoms with Gasteiger partial charge in [0.25, 0.3) is 0 Å². The summed E-state index contributed by atoms with van der Waals surface area (Å²) < 4.78 is 1.72. The number of aryl methyl sites for hydroxylation is 2. The molecule has 0 saturated carbocycles. The molecule has 0 aliphatic heterocycles. The summed E-state index contributed by atoms with van der Waals surface area (Å²) >= 11 is 5.98. The molecule has 2 aromatic rings. The summed E-state index contributed by atoms with van der Waals surface area (Å²) in [6, 6.07) is 8.03. The van der Waals surface area contributed by atoms with Gasteiger partial charge in [0, 0.05) is 0 Å². The molecule has 0 bridgehead atoms. The maximum atomic E-state index is 5.98. The molecule has 1 heterocycles. The molecule has 0 atom stereocenters. The average Bonchev–Trinajstić information content (AvgIpc) is 2.49. The Kier molecular flexibility index (Phi) is 2.30. The van der Waals surface area contributed by atoms with Crippen LogP contribution in [0.15, 0.2) is 30.5 Å². The number of halogens is 1. The Morgan fingerprint density at radius 2 is 1.79 bits per heavy atom. The predicted molar refractivity (Wildman–Crippen MR) is 58.0 cm³/mol. The minimum absolute atomic E-state index is 0.634. The molecule has 0 saturated heterocycles. The van der Waals surface area contributed by atoms with Crippen LogP contribution in [-0.4, -0.2) is 9.78 Å². The highest BCUT2D eigenvalue weighted by atomic mass is 35.5. The van der Waals surface area contributed by atoms with Crippen molar-refractivity contribution in [2.24, 2.45) is 0 Å². The van der Waals surface area contributed by atoms with Gasteiger partial charge in [-0.25, -0.2) is 4.68 Å². The lowest BCUT2D eigenvalue weighted by Gasteiger charge is -2.05. The molecule has 0 aliphatic rings. The Hall–Kier alpha value is -1.28. The van der Waals surface area contributed by atoms with Crippen molar-refractivity contribution >= 4 is 11.6 Å². The molecule has 14 heavy (non-hydrogen) atoms. The van der Waals surface area contributed by atoms with Gasteiger partial charge in [-0.2, -0.15) is 5.10 Å². The van der Waals surface area contributed by atoms with Gasteiger partial charge in [-0.1, -0.05) is 17.7 Å². The smallest absolute Gasteiger partial charge is 0.132 e. The largest absolute Gasteiger partial charge is 0.222 e. The number of hydrogen-bond donors (Lipinski definition) is 0. The minimum Gasteiger partial charge on any atom is -0.222 e. The summed E-state index contributed by atoms with van der Waals surface area (Å²) in [6.07, 6.45) is 1.69. The van der Waals surface area contributed by atoms with E-state index in [9.17, 15) is 0 Å². The van der Waals surface area contributed by atoms with Crippen molar-refractivity contribution in [3.8, 4) is 5.69 Å². The first-order valence-electron chi connectivity index (χ1n) is 4.45. The number of aromatic nitrogens is 2. The summed E-state index contributed by atoms with van der Waals surface area (Å²) in [5.41, 5.74) is 3.44. The lowest BCUT2D eigenvalue weighted by atomic mass is 10.1. The third kappa shape index (κ3) is 1.66. The van der Waals surface area contributed by atoms with E-state index in [0.29, 0.717) is 5.15 Å². The standard InChI is InChI=1S/C11H11ClN2/c1-8-5-9(2)7-10(6-8)14-11(12)3-4-13-14/h3-7H,1-2H3. The molecule has 0 amide bonds. The van der Waals surface area contributed by atoms with Crippen LogP contribution in [0.4, 0.5) is 0 Å². The normalized spacial score (nSPS) is 10.5. The first-order valence-corrected chi connectivity index (χ1v) is 4.83. The Labute approximate surface area is 88.1 Å². The molecule has 0 unspecified atom stereocenters. The van der Waals surface area contributed by atoms with Gasteiger partial charge < -0.3 is 0 Å². The highest BCUT2D eigenvalue weighted by Gasteiger charge is 2.02. The second-order valence-corrected chi connectivity index (χ2v) is 3.80. The van der Waals surface area contributed by atoms with Gasteiger partial charge in [0.15, 0.2) is 0 Å². The topological polar surface area (TPSA) is 17.8 Å². The van der Waals surface area contributed by atoms with Crippen molar-refractivity contribution in [1.82, 2.24) is 9.78 Å². The SMILES string of the molecule is Cc1cc(C)cc(-n2nccc2Cl)c1. The number of nitrogens with zero attached hydrogens (tertiary/aromatic N) is 2. The van der Waals surface area contributed by atoms with Gasteiger partial charge in [-0.3, -0.25) is 0 Å². The lowest BCUT2D eigenvalue weighted by Crippen LogP contribution is -1.97. The molecule has 0 spiro atoms. The van der Waals surface area contributed by atoms with Gasteiger partial charge >= 0.3 is 0 Å². The Morgan fingerprint density at radius 1 is 1.14 bits per heavy atom. The van der Waals surface area contributed by atoms with Crippen LogP contribution in [-0.2, 0) is 0 Å². The molecule has 0 radical (unpaired) electrons. The average molecular weight is 207 g/mol. The highest BCUT2D eigenvalue weighted by Crippen LogP contribution is 2.17. The van der Waals surface area contributed by atoms with Crippen molar-refractivity contribution < 1.29 is 0 Å². The van der Waals surface area contributed by atoms with E-state index >= 15 is 0 Å². The molecule has 2 rings (SSSR count). The maximum absolute atomic E-state index is 5.98. The predicted octanol–water partition coefficient (Wildman–Crippen LogP) is 3.14. The van der Waals surface area contributed by atoms with Crippen molar-refractivity contribution in [1.29, 1.82) is 0 Å². The molecule has 2 nitrogen and oxygen atoms in total. The van der Waals surface area contributed by atoms with E-state index in [-0.39, 0.29) is 0 Å². The van der Waals surface area contributed by atoms with E-state index < -0.39 is 0 Å². The van der Waals surface area contributed by atoms with Gasteiger partial charge in [-0.15, -0.1) is 0 Å². The summed E-state index contributed by atoms with van der Waals surface area (Å²) in [6.45, 7) is 4.13. The Bertz CT molecular complexity index is 440. The number of rotatable bonds is 1. The fourth-order valence-electron chi connectivity index (χ4n) is 1.55. The third-order valence-electron chi connectivity index (χ3n) is 2.05. The lowest BCUT2D eigenvalue weighted by molar-refractivity contribution is 0.878. The van der Waals surface area contributed by atoms with E-state index in [4.69, 9.17) is 11.6 Å². The van der Waals surface area contributed by atoms with Crippen LogP contribution < -0.4 is 0 Å². The fourth-order valence-corrected chi connectivity index (χ4v) is 1.75. The molecule has 3 heteroatoms. The molecule has 1 aromatic carbocycles. The maximum Gasteiger partial charge on any atom is 0.132 e. The zero-order valence-electron chi connectivity index (χ0n) is 8.16. The van der Waals surface area contributed by atoms with Crippen molar-refractivity contribution in [3.05, 3.63) is 46.7 Å². The first-order chi connectivity index (χ1) is 6.66. The molecule has 0 N–H and O–H groups in total. The summed E-state index contributed by atoms with van der Waals surface area (Å²) in [4.78, 5) is 0. The van der Waals surface area contributed by atoms with Crippen LogP contribution in [0.2, 0.25) is 5.15 Å². The summed E-state index contributed by atoms with van der Waals surface area (Å²) in [5.74, 6) is 0. The monoisotopic (exact) mass is 206 g/mol. The molecular formula is C11H11ClN2. The molecular weight excluding hydrogens is 196 g/mol. The molecule has 72 valence electrons. The van der Waals surface area contributed by atoms with Crippen molar-refractivity contribution in [2.45, 2.75) is 13.8 Å². The first kappa shape index (κ1) is 9.28. The molecule has 0 fully saturated rings. The zero-order valence-corrected chi connectivity index (χ0v) is 8.92. The summed E-state index contributed by atoms with van der Waals surface area (Å²) in [7, 11) is 0. The Morgan fingerprint density at radius 3 is 2.29 bits per heavy atom. The third-order valence-corrected chi connectivity index (χ3v) is 2.33. The van der Waals surface area contributed by atoms with E-state index in [2.05, 4.69) is 37.1 Å². The molecule has 0 aliphatic carbocycles. The summed E-state index contributed by atoms with van der Waals surface area (Å²) in [5, 5.41) is 4.79. The second kappa shape index (κ2) is 3.46. The fraction of sp³-hybridized carbons (Fsp3) is 0.182. The van der Waals surface area contributed by atoms with Crippen LogP contribution in [0.25, 0.3) is 5.69 Å². The van der Waals surface area contributed by atoms with E-state index in [1.807, 2.05) is 0 Å². The number of benzene rings is 1. The minimum atomic E-state index is 0.634. The van der Waals surface area contributed by atoms with Crippen LogP contribution in [0.5, 0.6) is 0 Å².